The van der Waals surface area contributed by atoms with E-state index in [0.29, 0.717) is 0 Å². The molecule has 0 saturated heterocycles. The first-order chi connectivity index (χ1) is 10.3. The molecule has 4 heteroatoms. The standard InChI is InChI=1S/C9H22N2.C8H20N2/c1-3-10-8-6-5-7-9-11-4-2;1-3-9-7-5-6-8-10-4-2/h10-11H,3-9H2,1-2H3;9-10H,3-8H2,1-2H3. The Labute approximate surface area is 134 Å². The first-order valence-corrected chi connectivity index (χ1v) is 9.16. The Morgan fingerprint density at radius 1 is 0.381 bits per heavy atom. The van der Waals surface area contributed by atoms with Crippen molar-refractivity contribution >= 4 is 0 Å². The predicted molar refractivity (Wildman–Crippen MR) is 97.3 cm³/mol. The van der Waals surface area contributed by atoms with Gasteiger partial charge >= 0.3 is 0 Å². The molecule has 0 aliphatic rings. The zero-order valence-electron chi connectivity index (χ0n) is 15.2. The normalized spacial score (nSPS) is 10.3. The van der Waals surface area contributed by atoms with Gasteiger partial charge in [-0.1, -0.05) is 34.1 Å². The van der Waals surface area contributed by atoms with Crippen LogP contribution in [0.5, 0.6) is 0 Å². The fourth-order valence-electron chi connectivity index (χ4n) is 1.88. The summed E-state index contributed by atoms with van der Waals surface area (Å²) in [5.74, 6) is 0. The molecular formula is C17H42N4. The molecule has 4 nitrogen and oxygen atoms in total. The maximum atomic E-state index is 3.32. The largest absolute Gasteiger partial charge is 0.317 e. The quantitative estimate of drug-likeness (QED) is 0.351. The smallest absolute Gasteiger partial charge is 0.00486 e. The molecule has 0 aromatic heterocycles. The molecule has 0 aromatic carbocycles. The molecule has 0 heterocycles. The molecule has 0 atom stereocenters. The molecular weight excluding hydrogens is 260 g/mol. The summed E-state index contributed by atoms with van der Waals surface area (Å²) in [6.45, 7) is 17.7. The van der Waals surface area contributed by atoms with Crippen LogP contribution in [0.4, 0.5) is 0 Å². The average molecular weight is 303 g/mol. The van der Waals surface area contributed by atoms with Crippen molar-refractivity contribution in [3.63, 3.8) is 0 Å². The van der Waals surface area contributed by atoms with Gasteiger partial charge < -0.3 is 21.3 Å². The van der Waals surface area contributed by atoms with Crippen molar-refractivity contribution < 1.29 is 0 Å². The summed E-state index contributed by atoms with van der Waals surface area (Å²) in [5.41, 5.74) is 0. The number of nitrogens with one attached hydrogen (secondary N) is 4. The van der Waals surface area contributed by atoms with Gasteiger partial charge in [0.25, 0.3) is 0 Å². The third kappa shape index (κ3) is 28.7. The highest BCUT2D eigenvalue weighted by Gasteiger charge is 1.87. The van der Waals surface area contributed by atoms with Gasteiger partial charge in [0.1, 0.15) is 0 Å². The number of rotatable bonds is 15. The molecule has 0 aliphatic heterocycles. The Morgan fingerprint density at radius 2 is 0.619 bits per heavy atom. The minimum absolute atomic E-state index is 1.10. The van der Waals surface area contributed by atoms with Crippen LogP contribution in [-0.2, 0) is 0 Å². The Balaban J connectivity index is 0. The van der Waals surface area contributed by atoms with Crippen molar-refractivity contribution in [3.8, 4) is 0 Å². The van der Waals surface area contributed by atoms with Gasteiger partial charge in [0.05, 0.1) is 0 Å². The fraction of sp³-hybridized carbons (Fsp3) is 1.00. The molecule has 0 spiro atoms. The third-order valence-electron chi connectivity index (χ3n) is 3.16. The number of unbranched alkanes of at least 4 members (excludes halogenated alkanes) is 3. The second-order valence-electron chi connectivity index (χ2n) is 5.18. The van der Waals surface area contributed by atoms with Gasteiger partial charge in [-0.2, -0.15) is 0 Å². The van der Waals surface area contributed by atoms with Gasteiger partial charge in [0.15, 0.2) is 0 Å². The SMILES string of the molecule is CCNCCCCCNCC.CCNCCCCNCC. The molecule has 0 fully saturated rings. The fourth-order valence-corrected chi connectivity index (χ4v) is 1.88. The van der Waals surface area contributed by atoms with E-state index in [1.165, 1.54) is 58.3 Å². The van der Waals surface area contributed by atoms with Gasteiger partial charge in [-0.05, 0) is 78.0 Å². The van der Waals surface area contributed by atoms with Crippen molar-refractivity contribution in [3.05, 3.63) is 0 Å². The monoisotopic (exact) mass is 302 g/mol. The van der Waals surface area contributed by atoms with Crippen LogP contribution in [0.2, 0.25) is 0 Å². The van der Waals surface area contributed by atoms with E-state index in [4.69, 9.17) is 0 Å². The van der Waals surface area contributed by atoms with E-state index < -0.39 is 0 Å². The summed E-state index contributed by atoms with van der Waals surface area (Å²) in [6.07, 6.45) is 6.57. The van der Waals surface area contributed by atoms with Gasteiger partial charge in [-0.3, -0.25) is 0 Å². The Kier molecular flexibility index (Phi) is 27.3. The molecule has 130 valence electrons. The van der Waals surface area contributed by atoms with Gasteiger partial charge in [-0.25, -0.2) is 0 Å². The van der Waals surface area contributed by atoms with Crippen molar-refractivity contribution in [1.82, 2.24) is 21.3 Å². The van der Waals surface area contributed by atoms with Crippen LogP contribution < -0.4 is 21.3 Å². The van der Waals surface area contributed by atoms with E-state index in [9.17, 15) is 0 Å². The van der Waals surface area contributed by atoms with E-state index >= 15 is 0 Å². The molecule has 0 aromatic rings. The second kappa shape index (κ2) is 24.8. The van der Waals surface area contributed by atoms with Crippen LogP contribution in [-0.4, -0.2) is 52.4 Å². The highest BCUT2D eigenvalue weighted by molar-refractivity contribution is 4.49. The Hall–Kier alpha value is -0.160. The van der Waals surface area contributed by atoms with Crippen LogP contribution in [0, 0.1) is 0 Å². The maximum absolute atomic E-state index is 3.32. The molecule has 4 N–H and O–H groups in total. The zero-order chi connectivity index (χ0) is 16.0. The minimum atomic E-state index is 1.10. The van der Waals surface area contributed by atoms with Crippen molar-refractivity contribution in [2.24, 2.45) is 0 Å². The van der Waals surface area contributed by atoms with Crippen molar-refractivity contribution in [2.45, 2.75) is 59.8 Å². The maximum Gasteiger partial charge on any atom is -0.00486 e. The van der Waals surface area contributed by atoms with E-state index in [2.05, 4.69) is 49.0 Å². The first kappa shape index (κ1) is 23.1. The van der Waals surface area contributed by atoms with Crippen LogP contribution in [0.1, 0.15) is 59.8 Å². The molecule has 0 unspecified atom stereocenters. The summed E-state index contributed by atoms with van der Waals surface area (Å²) in [6, 6.07) is 0. The third-order valence-corrected chi connectivity index (χ3v) is 3.16. The van der Waals surface area contributed by atoms with Gasteiger partial charge in [0.2, 0.25) is 0 Å². The zero-order valence-corrected chi connectivity index (χ0v) is 15.2. The average Bonchev–Trinajstić information content (AvgIpc) is 2.51. The number of hydrogen-bond acceptors (Lipinski definition) is 4. The van der Waals surface area contributed by atoms with Crippen LogP contribution in [0.25, 0.3) is 0 Å². The summed E-state index contributed by atoms with van der Waals surface area (Å²) >= 11 is 0. The lowest BCUT2D eigenvalue weighted by Gasteiger charge is -2.02. The Morgan fingerprint density at radius 3 is 0.857 bits per heavy atom. The highest BCUT2D eigenvalue weighted by atomic mass is 14.9. The van der Waals surface area contributed by atoms with E-state index in [0.717, 1.165) is 26.2 Å². The summed E-state index contributed by atoms with van der Waals surface area (Å²) < 4.78 is 0. The Bertz CT molecular complexity index is 138. The second-order valence-corrected chi connectivity index (χ2v) is 5.18. The lowest BCUT2D eigenvalue weighted by molar-refractivity contribution is 0.587. The molecule has 0 rings (SSSR count). The van der Waals surface area contributed by atoms with Crippen LogP contribution in [0.15, 0.2) is 0 Å². The molecule has 0 radical (unpaired) electrons. The molecule has 0 amide bonds. The minimum Gasteiger partial charge on any atom is -0.317 e. The van der Waals surface area contributed by atoms with Crippen LogP contribution >= 0.6 is 0 Å². The lowest BCUT2D eigenvalue weighted by Crippen LogP contribution is -2.18. The van der Waals surface area contributed by atoms with E-state index in [1.807, 2.05) is 0 Å². The molecule has 0 bridgehead atoms. The lowest BCUT2D eigenvalue weighted by atomic mass is 10.2. The van der Waals surface area contributed by atoms with E-state index in [1.54, 1.807) is 0 Å². The topological polar surface area (TPSA) is 48.1 Å². The molecule has 0 aliphatic carbocycles. The van der Waals surface area contributed by atoms with Crippen LogP contribution in [0.3, 0.4) is 0 Å². The molecule has 0 saturated carbocycles. The summed E-state index contributed by atoms with van der Waals surface area (Å²) in [5, 5.41) is 13.2. The first-order valence-electron chi connectivity index (χ1n) is 9.16. The van der Waals surface area contributed by atoms with Crippen molar-refractivity contribution in [2.75, 3.05) is 52.4 Å². The number of hydrogen-bond donors (Lipinski definition) is 4. The van der Waals surface area contributed by atoms with Gasteiger partial charge in [0, 0.05) is 0 Å². The van der Waals surface area contributed by atoms with E-state index in [-0.39, 0.29) is 0 Å². The summed E-state index contributed by atoms with van der Waals surface area (Å²) in [4.78, 5) is 0. The highest BCUT2D eigenvalue weighted by Crippen LogP contribution is 1.91. The molecule has 21 heavy (non-hydrogen) atoms. The van der Waals surface area contributed by atoms with Gasteiger partial charge in [-0.15, -0.1) is 0 Å². The predicted octanol–water partition coefficient (Wildman–Crippen LogP) is 2.36. The van der Waals surface area contributed by atoms with Crippen molar-refractivity contribution in [1.29, 1.82) is 0 Å². The summed E-state index contributed by atoms with van der Waals surface area (Å²) in [7, 11) is 0.